The number of hydrogen-bond acceptors (Lipinski definition) is 6. The first-order chi connectivity index (χ1) is 15.3. The van der Waals surface area contributed by atoms with E-state index in [1.807, 2.05) is 0 Å². The number of ketones is 1. The molecule has 1 N–H and O–H groups in total. The van der Waals surface area contributed by atoms with Crippen LogP contribution in [0.3, 0.4) is 0 Å². The van der Waals surface area contributed by atoms with Gasteiger partial charge >= 0.3 is 0 Å². The molecular formula is C24H29F3O5S. The number of halogens is 3. The SMILES string of the molecule is CC1(C)O[C@@H]2C[C@H]3[C@@H]4C[C@H](F)C5=CC(=O)C=C[C@]5(C)[C@@]4(F)[C@@H](O)C[C@]3(C)[C@]2(C(=O)SCF)O1. The molecule has 5 nitrogen and oxygen atoms in total. The van der Waals surface area contributed by atoms with Gasteiger partial charge in [-0.2, -0.15) is 0 Å². The number of rotatable bonds is 2. The van der Waals surface area contributed by atoms with Gasteiger partial charge in [0, 0.05) is 16.7 Å². The van der Waals surface area contributed by atoms with Gasteiger partial charge in [0.05, 0.1) is 12.2 Å². The molecule has 1 saturated heterocycles. The van der Waals surface area contributed by atoms with Crippen LogP contribution in [0.2, 0.25) is 0 Å². The Hall–Kier alpha value is -1.16. The Labute approximate surface area is 195 Å². The van der Waals surface area contributed by atoms with Crippen molar-refractivity contribution in [1.29, 1.82) is 0 Å². The van der Waals surface area contributed by atoms with E-state index in [2.05, 4.69) is 0 Å². The second kappa shape index (κ2) is 6.95. The number of ether oxygens (including phenoxy) is 2. The highest BCUT2D eigenvalue weighted by Gasteiger charge is 2.80. The van der Waals surface area contributed by atoms with Gasteiger partial charge in [-0.25, -0.2) is 13.2 Å². The van der Waals surface area contributed by atoms with E-state index in [9.17, 15) is 19.1 Å². The molecule has 1 heterocycles. The van der Waals surface area contributed by atoms with Gasteiger partial charge in [-0.15, -0.1) is 0 Å². The van der Waals surface area contributed by atoms with Crippen LogP contribution in [-0.2, 0) is 19.1 Å². The lowest BCUT2D eigenvalue weighted by atomic mass is 9.44. The number of thioether (sulfide) groups is 1. The van der Waals surface area contributed by atoms with Gasteiger partial charge < -0.3 is 14.6 Å². The predicted molar refractivity (Wildman–Crippen MR) is 115 cm³/mol. The molecule has 0 spiro atoms. The van der Waals surface area contributed by atoms with Crippen LogP contribution in [0.5, 0.6) is 0 Å². The Morgan fingerprint density at radius 1 is 1.24 bits per heavy atom. The van der Waals surface area contributed by atoms with Crippen LogP contribution in [0, 0.1) is 22.7 Å². The molecule has 9 atom stereocenters. The number of carbonyl (C=O) groups excluding carboxylic acids is 2. The van der Waals surface area contributed by atoms with E-state index in [1.54, 1.807) is 20.8 Å². The Morgan fingerprint density at radius 3 is 2.61 bits per heavy atom. The monoisotopic (exact) mass is 486 g/mol. The molecule has 0 amide bonds. The van der Waals surface area contributed by atoms with Gasteiger partial charge in [0.15, 0.2) is 22.8 Å². The standard InChI is InChI=1S/C24H29F3O5S/c1-20(2)31-18-9-13-14-8-16(26)15-7-12(28)5-6-21(15,3)23(14,27)17(29)10-22(13,4)24(18,32-20)19(30)33-11-25/h5-7,13-14,16-18,29H,8-11H2,1-4H3/t13-,14-,16-,17-,18+,21-,22-,23-,24-/m0/s1. The van der Waals surface area contributed by atoms with Crippen molar-refractivity contribution in [2.75, 3.05) is 6.01 Å². The largest absolute Gasteiger partial charge is 0.390 e. The summed E-state index contributed by atoms with van der Waals surface area (Å²) in [4.78, 5) is 25.3. The Kier molecular flexibility index (Phi) is 4.97. The molecule has 0 bridgehead atoms. The number of alkyl halides is 3. The van der Waals surface area contributed by atoms with E-state index in [4.69, 9.17) is 9.47 Å². The summed E-state index contributed by atoms with van der Waals surface area (Å²) >= 11 is 0.481. The van der Waals surface area contributed by atoms with Crippen molar-refractivity contribution < 1.29 is 37.3 Å². The summed E-state index contributed by atoms with van der Waals surface area (Å²) in [6.07, 6.45) is -0.298. The summed E-state index contributed by atoms with van der Waals surface area (Å²) in [5.74, 6) is -3.04. The first kappa shape index (κ1) is 23.6. The smallest absolute Gasteiger partial charge is 0.226 e. The van der Waals surface area contributed by atoms with Gasteiger partial charge in [-0.3, -0.25) is 9.59 Å². The maximum Gasteiger partial charge on any atom is 0.226 e. The van der Waals surface area contributed by atoms with E-state index in [1.165, 1.54) is 19.1 Å². The van der Waals surface area contributed by atoms with E-state index in [0.29, 0.717) is 11.8 Å². The Balaban J connectivity index is 1.65. The lowest BCUT2D eigenvalue weighted by molar-refractivity contribution is -0.246. The van der Waals surface area contributed by atoms with Gasteiger partial charge in [-0.1, -0.05) is 24.8 Å². The molecule has 3 saturated carbocycles. The maximum atomic E-state index is 17.2. The molecule has 33 heavy (non-hydrogen) atoms. The lowest BCUT2D eigenvalue weighted by Crippen LogP contribution is -2.70. The van der Waals surface area contributed by atoms with Crippen molar-refractivity contribution in [2.45, 2.75) is 82.4 Å². The Bertz CT molecular complexity index is 983. The topological polar surface area (TPSA) is 72.8 Å². The van der Waals surface area contributed by atoms with Crippen LogP contribution >= 0.6 is 11.8 Å². The van der Waals surface area contributed by atoms with E-state index >= 15 is 8.78 Å². The molecule has 182 valence electrons. The maximum absolute atomic E-state index is 17.2. The fraction of sp³-hybridized carbons (Fsp3) is 0.750. The van der Waals surface area contributed by atoms with E-state index in [-0.39, 0.29) is 24.8 Å². The first-order valence-electron chi connectivity index (χ1n) is 11.3. The van der Waals surface area contributed by atoms with Crippen molar-refractivity contribution in [3.63, 3.8) is 0 Å². The van der Waals surface area contributed by atoms with Crippen molar-refractivity contribution in [3.05, 3.63) is 23.8 Å². The average Bonchev–Trinajstić information content (AvgIpc) is 3.13. The van der Waals surface area contributed by atoms with Crippen LogP contribution in [0.4, 0.5) is 13.2 Å². The fourth-order valence-electron chi connectivity index (χ4n) is 7.81. The van der Waals surface area contributed by atoms with Crippen LogP contribution in [0.1, 0.15) is 47.0 Å². The minimum Gasteiger partial charge on any atom is -0.390 e. The van der Waals surface area contributed by atoms with E-state index in [0.717, 1.165) is 6.08 Å². The number of carbonyl (C=O) groups is 2. The van der Waals surface area contributed by atoms with Gasteiger partial charge in [0.25, 0.3) is 0 Å². The molecule has 0 aromatic heterocycles. The van der Waals surface area contributed by atoms with Crippen molar-refractivity contribution in [3.8, 4) is 0 Å². The summed E-state index contributed by atoms with van der Waals surface area (Å²) < 4.78 is 58.2. The van der Waals surface area contributed by atoms with Crippen LogP contribution in [0.15, 0.2) is 23.8 Å². The summed E-state index contributed by atoms with van der Waals surface area (Å²) in [5.41, 5.74) is -6.40. The summed E-state index contributed by atoms with van der Waals surface area (Å²) in [5, 5.41) is 10.8. The highest BCUT2D eigenvalue weighted by Crippen LogP contribution is 2.72. The third-order valence-corrected chi connectivity index (χ3v) is 9.78. The highest BCUT2D eigenvalue weighted by molar-refractivity contribution is 8.13. The lowest BCUT2D eigenvalue weighted by Gasteiger charge is -2.63. The van der Waals surface area contributed by atoms with E-state index < -0.39 is 75.0 Å². The molecule has 5 aliphatic rings. The molecule has 4 fully saturated rings. The van der Waals surface area contributed by atoms with Gasteiger partial charge in [0.2, 0.25) is 5.12 Å². The number of hydrogen-bond donors (Lipinski definition) is 1. The van der Waals surface area contributed by atoms with Crippen molar-refractivity contribution in [1.82, 2.24) is 0 Å². The average molecular weight is 487 g/mol. The number of fused-ring (bicyclic) bond motifs is 7. The zero-order valence-electron chi connectivity index (χ0n) is 19.1. The van der Waals surface area contributed by atoms with Crippen LogP contribution in [-0.4, -0.2) is 57.4 Å². The molecule has 4 aliphatic carbocycles. The third kappa shape index (κ3) is 2.68. The molecule has 0 aromatic rings. The third-order valence-electron chi connectivity index (χ3n) is 9.11. The molecule has 0 unspecified atom stereocenters. The molecule has 5 rings (SSSR count). The number of allylic oxidation sites excluding steroid dienone is 4. The normalized spacial score (nSPS) is 51.9. The molecule has 1 aliphatic heterocycles. The van der Waals surface area contributed by atoms with Crippen LogP contribution in [0.25, 0.3) is 0 Å². The number of aliphatic hydroxyl groups excluding tert-OH is 1. The molecule has 0 radical (unpaired) electrons. The molecule has 0 aromatic carbocycles. The van der Waals surface area contributed by atoms with Crippen LogP contribution < -0.4 is 0 Å². The van der Waals surface area contributed by atoms with Crippen molar-refractivity contribution >= 4 is 22.7 Å². The highest BCUT2D eigenvalue weighted by atomic mass is 32.2. The quantitative estimate of drug-likeness (QED) is 0.636. The first-order valence-corrected chi connectivity index (χ1v) is 12.3. The van der Waals surface area contributed by atoms with Gasteiger partial charge in [0.1, 0.15) is 12.2 Å². The van der Waals surface area contributed by atoms with Gasteiger partial charge in [-0.05, 0) is 63.7 Å². The molecular weight excluding hydrogens is 457 g/mol. The fourth-order valence-corrected chi connectivity index (χ4v) is 8.53. The van der Waals surface area contributed by atoms with Crippen molar-refractivity contribution in [2.24, 2.45) is 22.7 Å². The zero-order valence-corrected chi connectivity index (χ0v) is 19.9. The summed E-state index contributed by atoms with van der Waals surface area (Å²) in [6.45, 7) is 6.61. The minimum absolute atomic E-state index is 0.0435. The second-order valence-corrected chi connectivity index (χ2v) is 11.9. The zero-order chi connectivity index (χ0) is 24.2. The minimum atomic E-state index is -2.26. The Morgan fingerprint density at radius 2 is 1.94 bits per heavy atom. The summed E-state index contributed by atoms with van der Waals surface area (Å²) in [6, 6.07) is -0.950. The molecule has 9 heteroatoms. The number of aliphatic hydroxyl groups is 1. The second-order valence-electron chi connectivity index (χ2n) is 11.0. The predicted octanol–water partition coefficient (Wildman–Crippen LogP) is 3.99. The summed E-state index contributed by atoms with van der Waals surface area (Å²) in [7, 11) is 0.